The van der Waals surface area contributed by atoms with Crippen LogP contribution in [-0.4, -0.2) is 23.2 Å². The second kappa shape index (κ2) is 3.92. The van der Waals surface area contributed by atoms with E-state index in [9.17, 15) is 4.79 Å². The van der Waals surface area contributed by atoms with Crippen molar-refractivity contribution in [2.45, 2.75) is 25.5 Å². The van der Waals surface area contributed by atoms with Gasteiger partial charge in [-0.3, -0.25) is 4.79 Å². The second-order valence-electron chi connectivity index (χ2n) is 3.94. The number of carbonyl (C=O) groups is 1. The molecule has 0 amide bonds. The molecule has 1 aliphatic heterocycles. The monoisotopic (exact) mass is 222 g/mol. The van der Waals surface area contributed by atoms with Crippen LogP contribution in [0.3, 0.4) is 0 Å². The van der Waals surface area contributed by atoms with Gasteiger partial charge >= 0.3 is 5.97 Å². The lowest BCUT2D eigenvalue weighted by atomic mass is 10.1. The van der Waals surface area contributed by atoms with E-state index in [1.165, 1.54) is 0 Å². The van der Waals surface area contributed by atoms with Gasteiger partial charge in [-0.1, -0.05) is 0 Å². The summed E-state index contributed by atoms with van der Waals surface area (Å²) in [5.41, 5.74) is 7.09. The molecule has 1 aliphatic rings. The molecule has 86 valence electrons. The van der Waals surface area contributed by atoms with Crippen molar-refractivity contribution in [2.75, 3.05) is 11.1 Å². The van der Waals surface area contributed by atoms with Gasteiger partial charge in [-0.25, -0.2) is 0 Å². The molecule has 0 aliphatic carbocycles. The molecule has 5 nitrogen and oxygen atoms in total. The summed E-state index contributed by atoms with van der Waals surface area (Å²) in [6.45, 7) is 1.90. The minimum Gasteiger partial charge on any atom is -0.485 e. The zero-order valence-electron chi connectivity index (χ0n) is 8.93. The summed E-state index contributed by atoms with van der Waals surface area (Å²) in [4.78, 5) is 10.7. The minimum atomic E-state index is -0.869. The van der Waals surface area contributed by atoms with Crippen LogP contribution >= 0.6 is 0 Å². The molecule has 1 heterocycles. The SMILES string of the molecule is CC1Nc2ccc(N)cc2OC1CC(=O)O. The van der Waals surface area contributed by atoms with Crippen LogP contribution in [0.2, 0.25) is 0 Å². The average molecular weight is 222 g/mol. The molecule has 1 aromatic carbocycles. The van der Waals surface area contributed by atoms with E-state index in [4.69, 9.17) is 15.6 Å². The Hall–Kier alpha value is -1.91. The van der Waals surface area contributed by atoms with Crippen LogP contribution in [0.1, 0.15) is 13.3 Å². The van der Waals surface area contributed by atoms with Gasteiger partial charge in [0.15, 0.2) is 0 Å². The minimum absolute atomic E-state index is 0.0254. The topological polar surface area (TPSA) is 84.6 Å². The zero-order chi connectivity index (χ0) is 11.7. The predicted molar refractivity (Wildman–Crippen MR) is 60.6 cm³/mol. The summed E-state index contributed by atoms with van der Waals surface area (Å²) < 4.78 is 5.61. The van der Waals surface area contributed by atoms with Crippen LogP contribution in [0.25, 0.3) is 0 Å². The summed E-state index contributed by atoms with van der Waals surface area (Å²) in [7, 11) is 0. The first kappa shape index (κ1) is 10.6. The number of fused-ring (bicyclic) bond motifs is 1. The van der Waals surface area contributed by atoms with E-state index >= 15 is 0 Å². The highest BCUT2D eigenvalue weighted by molar-refractivity contribution is 5.69. The predicted octanol–water partition coefficient (Wildman–Crippen LogP) is 1.30. The van der Waals surface area contributed by atoms with E-state index in [2.05, 4.69) is 5.32 Å². The molecule has 5 heteroatoms. The summed E-state index contributed by atoms with van der Waals surface area (Å²) in [6.07, 6.45) is -0.394. The number of rotatable bonds is 2. The van der Waals surface area contributed by atoms with E-state index in [1.807, 2.05) is 13.0 Å². The van der Waals surface area contributed by atoms with Gasteiger partial charge in [-0.05, 0) is 19.1 Å². The number of nitrogen functional groups attached to an aromatic ring is 1. The van der Waals surface area contributed by atoms with E-state index in [0.717, 1.165) is 5.69 Å². The van der Waals surface area contributed by atoms with Gasteiger partial charge in [0.2, 0.25) is 0 Å². The molecule has 0 bridgehead atoms. The smallest absolute Gasteiger partial charge is 0.307 e. The molecule has 0 fully saturated rings. The van der Waals surface area contributed by atoms with Crippen molar-refractivity contribution in [1.82, 2.24) is 0 Å². The lowest BCUT2D eigenvalue weighted by Gasteiger charge is -2.32. The van der Waals surface area contributed by atoms with Crippen LogP contribution in [0, 0.1) is 0 Å². The van der Waals surface area contributed by atoms with E-state index in [-0.39, 0.29) is 18.6 Å². The highest BCUT2D eigenvalue weighted by atomic mass is 16.5. The van der Waals surface area contributed by atoms with Gasteiger partial charge in [0.25, 0.3) is 0 Å². The van der Waals surface area contributed by atoms with Crippen molar-refractivity contribution in [2.24, 2.45) is 0 Å². The Balaban J connectivity index is 2.22. The highest BCUT2D eigenvalue weighted by Crippen LogP contribution is 2.33. The number of aliphatic carboxylic acids is 1. The molecule has 0 aromatic heterocycles. The normalized spacial score (nSPS) is 22.8. The molecule has 4 N–H and O–H groups in total. The molecule has 0 radical (unpaired) electrons. The average Bonchev–Trinajstić information content (AvgIpc) is 2.19. The summed E-state index contributed by atoms with van der Waals surface area (Å²) in [6, 6.07) is 5.27. The van der Waals surface area contributed by atoms with Crippen LogP contribution in [0.5, 0.6) is 5.75 Å². The number of nitrogens with two attached hydrogens (primary N) is 1. The van der Waals surface area contributed by atoms with E-state index in [0.29, 0.717) is 11.4 Å². The molecule has 2 atom stereocenters. The van der Waals surface area contributed by atoms with Crippen molar-refractivity contribution in [1.29, 1.82) is 0 Å². The number of anilines is 2. The van der Waals surface area contributed by atoms with Crippen molar-refractivity contribution < 1.29 is 14.6 Å². The van der Waals surface area contributed by atoms with Crippen molar-refractivity contribution in [3.05, 3.63) is 18.2 Å². The molecular weight excluding hydrogens is 208 g/mol. The van der Waals surface area contributed by atoms with Gasteiger partial charge in [0, 0.05) is 11.8 Å². The number of nitrogens with one attached hydrogen (secondary N) is 1. The van der Waals surface area contributed by atoms with Crippen molar-refractivity contribution >= 4 is 17.3 Å². The largest absolute Gasteiger partial charge is 0.485 e. The second-order valence-corrected chi connectivity index (χ2v) is 3.94. The van der Waals surface area contributed by atoms with Gasteiger partial charge in [0.05, 0.1) is 18.2 Å². The van der Waals surface area contributed by atoms with Crippen LogP contribution in [-0.2, 0) is 4.79 Å². The first-order valence-electron chi connectivity index (χ1n) is 5.11. The van der Waals surface area contributed by atoms with Gasteiger partial charge < -0.3 is 20.9 Å². The maximum Gasteiger partial charge on any atom is 0.307 e. The van der Waals surface area contributed by atoms with E-state index in [1.54, 1.807) is 12.1 Å². The maximum absolute atomic E-state index is 10.7. The third-order valence-electron chi connectivity index (χ3n) is 2.60. The summed E-state index contributed by atoms with van der Waals surface area (Å²) in [5, 5.41) is 12.0. The lowest BCUT2D eigenvalue weighted by molar-refractivity contribution is -0.139. The summed E-state index contributed by atoms with van der Waals surface area (Å²) >= 11 is 0. The maximum atomic E-state index is 10.7. The van der Waals surface area contributed by atoms with Crippen molar-refractivity contribution in [3.8, 4) is 5.75 Å². The van der Waals surface area contributed by atoms with Crippen LogP contribution in [0.4, 0.5) is 11.4 Å². The van der Waals surface area contributed by atoms with Gasteiger partial charge in [-0.2, -0.15) is 0 Å². The summed E-state index contributed by atoms with van der Waals surface area (Å²) in [5.74, 6) is -0.254. The van der Waals surface area contributed by atoms with Crippen LogP contribution in [0.15, 0.2) is 18.2 Å². The Labute approximate surface area is 93.2 Å². The number of hydrogen-bond acceptors (Lipinski definition) is 4. The third-order valence-corrected chi connectivity index (χ3v) is 2.60. The molecule has 0 saturated heterocycles. The molecule has 16 heavy (non-hydrogen) atoms. The standard InChI is InChI=1S/C11H14N2O3/c1-6-9(5-11(14)15)16-10-4-7(12)2-3-8(10)13-6/h2-4,6,9,13H,5,12H2,1H3,(H,14,15). The Kier molecular flexibility index (Phi) is 2.60. The Morgan fingerprint density at radius 2 is 2.38 bits per heavy atom. The molecule has 0 spiro atoms. The van der Waals surface area contributed by atoms with Crippen molar-refractivity contribution in [3.63, 3.8) is 0 Å². The molecular formula is C11H14N2O3. The first-order valence-corrected chi connectivity index (χ1v) is 5.11. The Morgan fingerprint density at radius 1 is 1.62 bits per heavy atom. The highest BCUT2D eigenvalue weighted by Gasteiger charge is 2.28. The number of carboxylic acids is 1. The lowest BCUT2D eigenvalue weighted by Crippen LogP contribution is -2.40. The number of benzene rings is 1. The molecule has 2 unspecified atom stereocenters. The number of hydrogen-bond donors (Lipinski definition) is 3. The molecule has 0 saturated carbocycles. The number of ether oxygens (including phenoxy) is 1. The Bertz CT molecular complexity index is 420. The Morgan fingerprint density at radius 3 is 3.06 bits per heavy atom. The fraction of sp³-hybridized carbons (Fsp3) is 0.364. The van der Waals surface area contributed by atoms with Gasteiger partial charge in [-0.15, -0.1) is 0 Å². The zero-order valence-corrected chi connectivity index (χ0v) is 8.93. The fourth-order valence-corrected chi connectivity index (χ4v) is 1.75. The third kappa shape index (κ3) is 2.03. The molecule has 2 rings (SSSR count). The first-order chi connectivity index (χ1) is 7.56. The fourth-order valence-electron chi connectivity index (χ4n) is 1.75. The molecule has 1 aromatic rings. The van der Waals surface area contributed by atoms with Gasteiger partial charge in [0.1, 0.15) is 11.9 Å². The van der Waals surface area contributed by atoms with Crippen LogP contribution < -0.4 is 15.8 Å². The number of carboxylic acid groups (broad SMARTS) is 1. The quantitative estimate of drug-likeness (QED) is 0.657. The van der Waals surface area contributed by atoms with E-state index < -0.39 is 5.97 Å².